The maximum atomic E-state index is 6.13. The molecule has 1 unspecified atom stereocenters. The van der Waals surface area contributed by atoms with E-state index in [0.29, 0.717) is 6.10 Å². The normalized spacial score (nSPS) is 13.7. The van der Waals surface area contributed by atoms with Gasteiger partial charge in [0, 0.05) is 12.7 Å². The molecule has 0 aliphatic heterocycles. The van der Waals surface area contributed by atoms with Crippen molar-refractivity contribution in [3.63, 3.8) is 0 Å². The maximum absolute atomic E-state index is 6.13. The molecule has 116 valence electrons. The molecule has 3 heteroatoms. The molecule has 0 saturated carbocycles. The lowest BCUT2D eigenvalue weighted by molar-refractivity contribution is 0.122. The summed E-state index contributed by atoms with van der Waals surface area (Å²) in [6.45, 7) is 11.9. The van der Waals surface area contributed by atoms with Gasteiger partial charge >= 0.3 is 8.56 Å². The standard InChI is InChI=1S/C16H36O2Si/c1-6-8-10-11-13-15-17-19(4,5)18-16(3)14-12-9-7-2/h16H,6-15H2,1-5H3. The zero-order chi connectivity index (χ0) is 14.6. The zero-order valence-electron chi connectivity index (χ0n) is 14.0. The molecule has 2 nitrogen and oxygen atoms in total. The Labute approximate surface area is 122 Å². The van der Waals surface area contributed by atoms with Gasteiger partial charge in [0.25, 0.3) is 0 Å². The maximum Gasteiger partial charge on any atom is 0.331 e. The molecule has 19 heavy (non-hydrogen) atoms. The molecule has 0 bridgehead atoms. The largest absolute Gasteiger partial charge is 0.395 e. The number of hydrogen-bond donors (Lipinski definition) is 0. The molecule has 0 heterocycles. The third-order valence-electron chi connectivity index (χ3n) is 3.40. The predicted molar refractivity (Wildman–Crippen MR) is 86.9 cm³/mol. The fourth-order valence-corrected chi connectivity index (χ4v) is 4.07. The molecule has 0 aromatic heterocycles. The van der Waals surface area contributed by atoms with Crippen molar-refractivity contribution in [2.45, 2.75) is 97.8 Å². The van der Waals surface area contributed by atoms with E-state index in [9.17, 15) is 0 Å². The fraction of sp³-hybridized carbons (Fsp3) is 1.00. The molecule has 0 radical (unpaired) electrons. The lowest BCUT2D eigenvalue weighted by Crippen LogP contribution is -2.38. The summed E-state index contributed by atoms with van der Waals surface area (Å²) in [6, 6.07) is 0. The number of unbranched alkanes of at least 4 members (excludes halogenated alkanes) is 6. The smallest absolute Gasteiger partial charge is 0.331 e. The second-order valence-corrected chi connectivity index (χ2v) is 9.41. The Morgan fingerprint density at radius 3 is 2.05 bits per heavy atom. The summed E-state index contributed by atoms with van der Waals surface area (Å²) in [6.07, 6.45) is 11.9. The number of hydrogen-bond acceptors (Lipinski definition) is 2. The highest BCUT2D eigenvalue weighted by Crippen LogP contribution is 2.15. The van der Waals surface area contributed by atoms with E-state index in [-0.39, 0.29) is 0 Å². The van der Waals surface area contributed by atoms with Crippen LogP contribution < -0.4 is 0 Å². The van der Waals surface area contributed by atoms with Gasteiger partial charge in [0.2, 0.25) is 0 Å². The van der Waals surface area contributed by atoms with E-state index in [0.717, 1.165) is 6.61 Å². The van der Waals surface area contributed by atoms with Crippen molar-refractivity contribution < 1.29 is 8.85 Å². The van der Waals surface area contributed by atoms with Crippen LogP contribution in [0.2, 0.25) is 13.1 Å². The number of rotatable bonds is 13. The van der Waals surface area contributed by atoms with Gasteiger partial charge in [0.05, 0.1) is 0 Å². The highest BCUT2D eigenvalue weighted by Gasteiger charge is 2.26. The molecule has 0 aliphatic carbocycles. The topological polar surface area (TPSA) is 18.5 Å². The van der Waals surface area contributed by atoms with Crippen LogP contribution in [-0.4, -0.2) is 21.3 Å². The van der Waals surface area contributed by atoms with E-state index in [2.05, 4.69) is 33.9 Å². The van der Waals surface area contributed by atoms with Gasteiger partial charge in [0.1, 0.15) is 0 Å². The van der Waals surface area contributed by atoms with Gasteiger partial charge in [-0.1, -0.05) is 58.8 Å². The molecular formula is C16H36O2Si. The van der Waals surface area contributed by atoms with Crippen LogP contribution in [0, 0.1) is 0 Å². The molecule has 0 saturated heterocycles. The zero-order valence-corrected chi connectivity index (χ0v) is 15.0. The van der Waals surface area contributed by atoms with Gasteiger partial charge < -0.3 is 8.85 Å². The van der Waals surface area contributed by atoms with Gasteiger partial charge in [0.15, 0.2) is 0 Å². The van der Waals surface area contributed by atoms with Crippen LogP contribution >= 0.6 is 0 Å². The van der Waals surface area contributed by atoms with Crippen molar-refractivity contribution in [1.29, 1.82) is 0 Å². The lowest BCUT2D eigenvalue weighted by atomic mass is 10.1. The molecule has 0 N–H and O–H groups in total. The van der Waals surface area contributed by atoms with E-state index in [4.69, 9.17) is 8.85 Å². The summed E-state index contributed by atoms with van der Waals surface area (Å²) in [5, 5.41) is 0. The van der Waals surface area contributed by atoms with E-state index >= 15 is 0 Å². The van der Waals surface area contributed by atoms with Crippen LogP contribution in [0.4, 0.5) is 0 Å². The van der Waals surface area contributed by atoms with Crippen molar-refractivity contribution in [2.75, 3.05) is 6.61 Å². The predicted octanol–water partition coefficient (Wildman–Crippen LogP) is 5.66. The molecule has 0 spiro atoms. The van der Waals surface area contributed by atoms with Crippen LogP contribution in [0.5, 0.6) is 0 Å². The second-order valence-electron chi connectivity index (χ2n) is 6.09. The average Bonchev–Trinajstić information content (AvgIpc) is 2.33. The van der Waals surface area contributed by atoms with Crippen molar-refractivity contribution >= 4 is 8.56 Å². The Morgan fingerprint density at radius 2 is 1.42 bits per heavy atom. The first-order valence-corrected chi connectivity index (χ1v) is 11.1. The summed E-state index contributed by atoms with van der Waals surface area (Å²) in [5.41, 5.74) is 0. The monoisotopic (exact) mass is 288 g/mol. The van der Waals surface area contributed by atoms with Crippen molar-refractivity contribution in [3.05, 3.63) is 0 Å². The van der Waals surface area contributed by atoms with Crippen molar-refractivity contribution in [2.24, 2.45) is 0 Å². The minimum Gasteiger partial charge on any atom is -0.395 e. The molecule has 0 fully saturated rings. The van der Waals surface area contributed by atoms with Gasteiger partial charge in [-0.25, -0.2) is 0 Å². The quantitative estimate of drug-likeness (QED) is 0.321. The Hall–Kier alpha value is 0.137. The summed E-state index contributed by atoms with van der Waals surface area (Å²) in [5.74, 6) is 0. The lowest BCUT2D eigenvalue weighted by Gasteiger charge is -2.27. The minimum absolute atomic E-state index is 0.355. The van der Waals surface area contributed by atoms with Crippen LogP contribution in [0.25, 0.3) is 0 Å². The van der Waals surface area contributed by atoms with Gasteiger partial charge in [-0.3, -0.25) is 0 Å². The molecule has 0 aliphatic rings. The molecule has 1 atom stereocenters. The first-order chi connectivity index (χ1) is 9.02. The van der Waals surface area contributed by atoms with E-state index in [1.54, 1.807) is 0 Å². The SMILES string of the molecule is CCCCCCCO[Si](C)(C)OC(C)CCCCC. The summed E-state index contributed by atoms with van der Waals surface area (Å²) >= 11 is 0. The first-order valence-electron chi connectivity index (χ1n) is 8.33. The Kier molecular flexibility index (Phi) is 12.0. The molecule has 0 amide bonds. The molecular weight excluding hydrogens is 252 g/mol. The molecule has 0 aromatic rings. The van der Waals surface area contributed by atoms with Gasteiger partial charge in [-0.05, 0) is 32.9 Å². The van der Waals surface area contributed by atoms with E-state index in [1.807, 2.05) is 0 Å². The minimum atomic E-state index is -1.90. The highest BCUT2D eigenvalue weighted by atomic mass is 28.4. The Bertz CT molecular complexity index is 195. The van der Waals surface area contributed by atoms with Crippen molar-refractivity contribution in [3.8, 4) is 0 Å². The Balaban J connectivity index is 3.60. The van der Waals surface area contributed by atoms with Crippen LogP contribution in [0.1, 0.15) is 78.6 Å². The van der Waals surface area contributed by atoms with Gasteiger partial charge in [-0.2, -0.15) is 0 Å². The summed E-state index contributed by atoms with van der Waals surface area (Å²) in [4.78, 5) is 0. The average molecular weight is 289 g/mol. The molecule has 0 aromatic carbocycles. The van der Waals surface area contributed by atoms with Gasteiger partial charge in [-0.15, -0.1) is 0 Å². The fourth-order valence-electron chi connectivity index (χ4n) is 2.28. The highest BCUT2D eigenvalue weighted by molar-refractivity contribution is 6.64. The first kappa shape index (κ1) is 19.1. The molecule has 0 rings (SSSR count). The Morgan fingerprint density at radius 1 is 0.842 bits per heavy atom. The van der Waals surface area contributed by atoms with E-state index in [1.165, 1.54) is 57.8 Å². The summed E-state index contributed by atoms with van der Waals surface area (Å²) < 4.78 is 12.1. The van der Waals surface area contributed by atoms with E-state index < -0.39 is 8.56 Å². The third kappa shape index (κ3) is 12.9. The second kappa shape index (κ2) is 11.9. The van der Waals surface area contributed by atoms with Crippen LogP contribution in [0.15, 0.2) is 0 Å². The van der Waals surface area contributed by atoms with Crippen LogP contribution in [0.3, 0.4) is 0 Å². The summed E-state index contributed by atoms with van der Waals surface area (Å²) in [7, 11) is -1.90. The van der Waals surface area contributed by atoms with Crippen molar-refractivity contribution in [1.82, 2.24) is 0 Å². The van der Waals surface area contributed by atoms with Crippen LogP contribution in [-0.2, 0) is 8.85 Å². The third-order valence-corrected chi connectivity index (χ3v) is 5.27.